The summed E-state index contributed by atoms with van der Waals surface area (Å²) in [5.74, 6) is 0.913. The number of nitrogens with two attached hydrogens (primary N) is 1. The second-order valence-electron chi connectivity index (χ2n) is 2.29. The van der Waals surface area contributed by atoms with Crippen molar-refractivity contribution in [1.29, 1.82) is 0 Å². The molecule has 1 aliphatic carbocycles. The van der Waals surface area contributed by atoms with E-state index in [0.29, 0.717) is 4.99 Å². The molecule has 0 aliphatic heterocycles. The van der Waals surface area contributed by atoms with Gasteiger partial charge in [0.05, 0.1) is 4.99 Å². The third kappa shape index (κ3) is 2.26. The summed E-state index contributed by atoms with van der Waals surface area (Å²) in [4.78, 5) is 0.553. The van der Waals surface area contributed by atoms with Crippen LogP contribution in [0.15, 0.2) is 0 Å². The number of hydrogen-bond acceptors (Lipinski definition) is 1. The van der Waals surface area contributed by atoms with Crippen LogP contribution in [0, 0.1) is 12.3 Å². The lowest BCUT2D eigenvalue weighted by Gasteiger charge is -1.91. The van der Waals surface area contributed by atoms with Crippen molar-refractivity contribution in [3.05, 3.63) is 6.42 Å². The molecule has 0 heterocycles. The molecule has 1 fully saturated rings. The van der Waals surface area contributed by atoms with Gasteiger partial charge in [0.2, 0.25) is 0 Å². The van der Waals surface area contributed by atoms with E-state index < -0.39 is 0 Å². The van der Waals surface area contributed by atoms with Gasteiger partial charge in [-0.2, -0.15) is 0 Å². The van der Waals surface area contributed by atoms with E-state index >= 15 is 0 Å². The monoisotopic (exact) mass is 128 g/mol. The van der Waals surface area contributed by atoms with Gasteiger partial charge in [0, 0.05) is 6.42 Å². The van der Waals surface area contributed by atoms with Crippen LogP contribution in [-0.4, -0.2) is 4.99 Å². The predicted octanol–water partition coefficient (Wildman–Crippen LogP) is 1.28. The Morgan fingerprint density at radius 1 is 1.75 bits per heavy atom. The first-order valence-corrected chi connectivity index (χ1v) is 3.32. The highest BCUT2D eigenvalue weighted by molar-refractivity contribution is 7.80. The lowest BCUT2D eigenvalue weighted by molar-refractivity contribution is 0.841. The number of hydrogen-bond donors (Lipinski definition) is 1. The fourth-order valence-corrected chi connectivity index (χ4v) is 0.733. The number of rotatable bonds is 3. The largest absolute Gasteiger partial charge is 0.393 e. The van der Waals surface area contributed by atoms with E-state index in [9.17, 15) is 0 Å². The minimum Gasteiger partial charge on any atom is -0.393 e. The first-order valence-electron chi connectivity index (χ1n) is 2.91. The molecule has 0 bridgehead atoms. The smallest absolute Gasteiger partial charge is 0.0765 e. The molecule has 0 aromatic carbocycles. The maximum Gasteiger partial charge on any atom is 0.0765 e. The van der Waals surface area contributed by atoms with E-state index in [1.807, 2.05) is 6.42 Å². The molecule has 1 radical (unpaired) electrons. The van der Waals surface area contributed by atoms with Crippen molar-refractivity contribution in [3.63, 3.8) is 0 Å². The molecule has 0 atom stereocenters. The Morgan fingerprint density at radius 3 is 2.75 bits per heavy atom. The SMILES string of the molecule is NC(=S)[CH]CC1CC1. The first-order chi connectivity index (χ1) is 3.79. The minimum absolute atomic E-state index is 0.553. The van der Waals surface area contributed by atoms with Crippen molar-refractivity contribution in [3.8, 4) is 0 Å². The van der Waals surface area contributed by atoms with Gasteiger partial charge in [0.15, 0.2) is 0 Å². The third-order valence-corrected chi connectivity index (χ3v) is 1.52. The van der Waals surface area contributed by atoms with Crippen molar-refractivity contribution in [2.45, 2.75) is 19.3 Å². The molecular formula is C6H10NS. The van der Waals surface area contributed by atoms with Crippen LogP contribution in [-0.2, 0) is 0 Å². The lowest BCUT2D eigenvalue weighted by atomic mass is 10.2. The van der Waals surface area contributed by atoms with Gasteiger partial charge in [0.1, 0.15) is 0 Å². The molecule has 2 heteroatoms. The molecule has 1 nitrogen and oxygen atoms in total. The zero-order valence-electron chi connectivity index (χ0n) is 4.76. The molecule has 0 unspecified atom stereocenters. The highest BCUT2D eigenvalue weighted by Crippen LogP contribution is 2.32. The van der Waals surface area contributed by atoms with E-state index in [1.165, 1.54) is 12.8 Å². The summed E-state index contributed by atoms with van der Waals surface area (Å²) in [6.07, 6.45) is 5.79. The fourth-order valence-electron chi connectivity index (χ4n) is 0.636. The van der Waals surface area contributed by atoms with Crippen LogP contribution in [0.25, 0.3) is 0 Å². The first kappa shape index (κ1) is 6.02. The van der Waals surface area contributed by atoms with E-state index in [2.05, 4.69) is 12.2 Å². The van der Waals surface area contributed by atoms with Gasteiger partial charge in [-0.3, -0.25) is 0 Å². The molecule has 0 saturated heterocycles. The number of thiocarbonyl (C=S) groups is 1. The summed E-state index contributed by atoms with van der Waals surface area (Å²) < 4.78 is 0. The Morgan fingerprint density at radius 2 is 2.38 bits per heavy atom. The average Bonchev–Trinajstić information content (AvgIpc) is 2.41. The summed E-state index contributed by atoms with van der Waals surface area (Å²) in [5.41, 5.74) is 5.24. The molecule has 2 N–H and O–H groups in total. The molecule has 0 aromatic heterocycles. The minimum atomic E-state index is 0.553. The highest BCUT2D eigenvalue weighted by Gasteiger charge is 2.20. The van der Waals surface area contributed by atoms with Crippen LogP contribution in [0.3, 0.4) is 0 Å². The van der Waals surface area contributed by atoms with Gasteiger partial charge in [-0.25, -0.2) is 0 Å². The van der Waals surface area contributed by atoms with Crippen LogP contribution in [0.5, 0.6) is 0 Å². The van der Waals surface area contributed by atoms with Gasteiger partial charge >= 0.3 is 0 Å². The standard InChI is InChI=1S/C6H10NS/c7-6(8)4-3-5-1-2-5/h4-5H,1-3H2,(H2,7,8). The summed E-state index contributed by atoms with van der Waals surface area (Å²) in [7, 11) is 0. The maximum atomic E-state index is 5.24. The van der Waals surface area contributed by atoms with Crippen LogP contribution in [0.2, 0.25) is 0 Å². The van der Waals surface area contributed by atoms with Crippen LogP contribution >= 0.6 is 12.2 Å². The zero-order chi connectivity index (χ0) is 5.98. The Kier molecular flexibility index (Phi) is 1.84. The Balaban J connectivity index is 1.95. The van der Waals surface area contributed by atoms with Gasteiger partial charge in [0.25, 0.3) is 0 Å². The van der Waals surface area contributed by atoms with Crippen LogP contribution in [0.4, 0.5) is 0 Å². The highest BCUT2D eigenvalue weighted by atomic mass is 32.1. The van der Waals surface area contributed by atoms with Crippen molar-refractivity contribution in [2.75, 3.05) is 0 Å². The van der Waals surface area contributed by atoms with Gasteiger partial charge in [-0.1, -0.05) is 25.1 Å². The van der Waals surface area contributed by atoms with Crippen LogP contribution < -0.4 is 5.73 Å². The molecule has 0 amide bonds. The Bertz CT molecular complexity index is 96.7. The molecule has 1 aliphatic rings. The molecule has 0 aromatic rings. The Labute approximate surface area is 55.3 Å². The lowest BCUT2D eigenvalue weighted by Crippen LogP contribution is -2.07. The van der Waals surface area contributed by atoms with Gasteiger partial charge in [-0.15, -0.1) is 0 Å². The molecular weight excluding hydrogens is 118 g/mol. The van der Waals surface area contributed by atoms with E-state index in [0.717, 1.165) is 12.3 Å². The Hall–Kier alpha value is -0.110. The summed E-state index contributed by atoms with van der Waals surface area (Å²) in [5, 5.41) is 0. The summed E-state index contributed by atoms with van der Waals surface area (Å²) >= 11 is 4.66. The average molecular weight is 128 g/mol. The molecule has 0 spiro atoms. The second kappa shape index (κ2) is 2.44. The van der Waals surface area contributed by atoms with Crippen molar-refractivity contribution >= 4 is 17.2 Å². The molecule has 1 saturated carbocycles. The van der Waals surface area contributed by atoms with E-state index in [4.69, 9.17) is 5.73 Å². The van der Waals surface area contributed by atoms with E-state index in [-0.39, 0.29) is 0 Å². The predicted molar refractivity (Wildman–Crippen MR) is 38.4 cm³/mol. The fraction of sp³-hybridized carbons (Fsp3) is 0.667. The zero-order valence-corrected chi connectivity index (χ0v) is 5.58. The van der Waals surface area contributed by atoms with Crippen molar-refractivity contribution in [1.82, 2.24) is 0 Å². The molecule has 45 valence electrons. The molecule has 8 heavy (non-hydrogen) atoms. The van der Waals surface area contributed by atoms with Crippen molar-refractivity contribution in [2.24, 2.45) is 11.7 Å². The quantitative estimate of drug-likeness (QED) is 0.579. The summed E-state index contributed by atoms with van der Waals surface area (Å²) in [6.45, 7) is 0. The normalized spacial score (nSPS) is 18.5. The second-order valence-corrected chi connectivity index (χ2v) is 2.76. The summed E-state index contributed by atoms with van der Waals surface area (Å²) in [6, 6.07) is 0. The van der Waals surface area contributed by atoms with Gasteiger partial charge in [-0.05, 0) is 12.3 Å². The molecule has 1 rings (SSSR count). The topological polar surface area (TPSA) is 26.0 Å². The van der Waals surface area contributed by atoms with E-state index in [1.54, 1.807) is 0 Å². The van der Waals surface area contributed by atoms with Crippen LogP contribution in [0.1, 0.15) is 19.3 Å². The van der Waals surface area contributed by atoms with Crippen molar-refractivity contribution < 1.29 is 0 Å². The maximum absolute atomic E-state index is 5.24. The third-order valence-electron chi connectivity index (χ3n) is 1.35. The van der Waals surface area contributed by atoms with Gasteiger partial charge < -0.3 is 5.73 Å².